The van der Waals surface area contributed by atoms with Crippen molar-refractivity contribution in [2.24, 2.45) is 0 Å². The fourth-order valence-electron chi connectivity index (χ4n) is 3.70. The average molecular weight is 571 g/mol. The van der Waals surface area contributed by atoms with Crippen molar-refractivity contribution >= 4 is 62.8 Å². The SMILES string of the molecule is COc1cc(/C=C2\C(=O)NC(=O)N(c3cccc([N+](=O)[O-])c3)C2=O)cc(Br)c1Cc1ccccc1Cl. The Morgan fingerprint density at radius 3 is 2.56 bits per heavy atom. The molecule has 11 heteroatoms. The predicted molar refractivity (Wildman–Crippen MR) is 137 cm³/mol. The van der Waals surface area contributed by atoms with Crippen LogP contribution in [0.3, 0.4) is 0 Å². The second-order valence-electron chi connectivity index (χ2n) is 7.69. The average Bonchev–Trinajstić information content (AvgIpc) is 2.84. The first-order chi connectivity index (χ1) is 17.2. The van der Waals surface area contributed by atoms with Gasteiger partial charge in [-0.3, -0.25) is 25.0 Å². The Labute approximate surface area is 218 Å². The number of halogens is 2. The smallest absolute Gasteiger partial charge is 0.335 e. The van der Waals surface area contributed by atoms with E-state index in [-0.39, 0.29) is 16.9 Å². The molecule has 0 spiro atoms. The minimum atomic E-state index is -1.00. The van der Waals surface area contributed by atoms with Crippen LogP contribution >= 0.6 is 27.5 Å². The molecule has 1 heterocycles. The number of benzene rings is 3. The molecule has 182 valence electrons. The number of amides is 4. The third kappa shape index (κ3) is 5.00. The van der Waals surface area contributed by atoms with Crippen molar-refractivity contribution < 1.29 is 24.0 Å². The van der Waals surface area contributed by atoms with E-state index in [1.165, 1.54) is 31.4 Å². The standard InChI is InChI=1S/C25H17BrClN3O6/c1-36-22-11-14(10-20(26)18(22)12-15-5-2-3-8-21(15)27)9-19-23(31)28-25(33)29(24(19)32)16-6-4-7-17(13-16)30(34)35/h2-11,13H,12H2,1H3,(H,28,31,33)/b19-9+. The number of methoxy groups -OCH3 is 1. The van der Waals surface area contributed by atoms with Gasteiger partial charge in [0.1, 0.15) is 11.3 Å². The molecule has 1 N–H and O–H groups in total. The second kappa shape index (κ2) is 10.3. The molecule has 0 aromatic heterocycles. The number of hydrogen-bond donors (Lipinski definition) is 1. The van der Waals surface area contributed by atoms with E-state index in [1.807, 2.05) is 18.2 Å². The molecule has 9 nitrogen and oxygen atoms in total. The maximum atomic E-state index is 13.2. The molecule has 1 fully saturated rings. The van der Waals surface area contributed by atoms with Crippen LogP contribution in [0.15, 0.2) is 70.7 Å². The van der Waals surface area contributed by atoms with E-state index in [1.54, 1.807) is 18.2 Å². The largest absolute Gasteiger partial charge is 0.496 e. The fraction of sp³-hybridized carbons (Fsp3) is 0.0800. The number of barbiturate groups is 1. The van der Waals surface area contributed by atoms with E-state index in [2.05, 4.69) is 21.2 Å². The lowest BCUT2D eigenvalue weighted by molar-refractivity contribution is -0.384. The molecule has 0 bridgehead atoms. The molecular weight excluding hydrogens is 554 g/mol. The number of nitro groups is 1. The number of nitrogens with zero attached hydrogens (tertiary/aromatic N) is 2. The van der Waals surface area contributed by atoms with Crippen molar-refractivity contribution in [2.75, 3.05) is 12.0 Å². The van der Waals surface area contributed by atoms with Crippen molar-refractivity contribution in [1.82, 2.24) is 5.32 Å². The second-order valence-corrected chi connectivity index (χ2v) is 8.95. The summed E-state index contributed by atoms with van der Waals surface area (Å²) in [6.45, 7) is 0. The van der Waals surface area contributed by atoms with Crippen molar-refractivity contribution in [1.29, 1.82) is 0 Å². The van der Waals surface area contributed by atoms with Crippen LogP contribution in [0, 0.1) is 10.1 Å². The Morgan fingerprint density at radius 1 is 1.11 bits per heavy atom. The highest BCUT2D eigenvalue weighted by Crippen LogP contribution is 2.34. The van der Waals surface area contributed by atoms with Gasteiger partial charge in [-0.15, -0.1) is 0 Å². The van der Waals surface area contributed by atoms with Crippen molar-refractivity contribution in [3.05, 3.63) is 103 Å². The van der Waals surface area contributed by atoms with Gasteiger partial charge in [0.05, 0.1) is 17.7 Å². The Bertz CT molecular complexity index is 1460. The predicted octanol–water partition coefficient (Wildman–Crippen LogP) is 5.28. The van der Waals surface area contributed by atoms with Crippen LogP contribution in [0.2, 0.25) is 5.02 Å². The van der Waals surface area contributed by atoms with E-state index < -0.39 is 22.8 Å². The molecule has 0 aliphatic carbocycles. The van der Waals surface area contributed by atoms with Crippen molar-refractivity contribution in [3.63, 3.8) is 0 Å². The summed E-state index contributed by atoms with van der Waals surface area (Å²) >= 11 is 9.83. The Morgan fingerprint density at radius 2 is 1.86 bits per heavy atom. The van der Waals surface area contributed by atoms with E-state index in [4.69, 9.17) is 16.3 Å². The van der Waals surface area contributed by atoms with E-state index in [0.717, 1.165) is 17.2 Å². The highest BCUT2D eigenvalue weighted by Gasteiger charge is 2.37. The zero-order valence-corrected chi connectivity index (χ0v) is 21.0. The highest BCUT2D eigenvalue weighted by molar-refractivity contribution is 9.10. The Balaban J connectivity index is 1.72. The van der Waals surface area contributed by atoms with Gasteiger partial charge in [-0.2, -0.15) is 0 Å². The molecule has 0 saturated carbocycles. The van der Waals surface area contributed by atoms with Gasteiger partial charge in [0.25, 0.3) is 17.5 Å². The number of non-ortho nitro benzene ring substituents is 1. The molecule has 1 aliphatic rings. The maximum absolute atomic E-state index is 13.2. The van der Waals surface area contributed by atoms with E-state index >= 15 is 0 Å². The van der Waals surface area contributed by atoms with Crippen LogP contribution in [-0.2, 0) is 16.0 Å². The molecule has 0 unspecified atom stereocenters. The monoisotopic (exact) mass is 569 g/mol. The number of nitro benzene ring substituents is 1. The number of ether oxygens (including phenoxy) is 1. The normalized spacial score (nSPS) is 14.7. The first-order valence-electron chi connectivity index (χ1n) is 10.5. The van der Waals surface area contributed by atoms with E-state index in [9.17, 15) is 24.5 Å². The molecule has 0 atom stereocenters. The van der Waals surface area contributed by atoms with Crippen LogP contribution in [-0.4, -0.2) is 29.9 Å². The minimum absolute atomic E-state index is 0.0426. The summed E-state index contributed by atoms with van der Waals surface area (Å²) < 4.78 is 6.21. The first-order valence-corrected chi connectivity index (χ1v) is 11.6. The summed E-state index contributed by atoms with van der Waals surface area (Å²) in [5.74, 6) is -1.31. The van der Waals surface area contributed by atoms with Gasteiger partial charge in [0.2, 0.25) is 0 Å². The third-order valence-corrected chi connectivity index (χ3v) is 6.51. The molecule has 3 aromatic rings. The molecule has 4 amide bonds. The highest BCUT2D eigenvalue weighted by atomic mass is 79.9. The summed E-state index contributed by atoms with van der Waals surface area (Å²) in [5.41, 5.74) is 1.47. The summed E-state index contributed by atoms with van der Waals surface area (Å²) in [7, 11) is 1.50. The lowest BCUT2D eigenvalue weighted by Gasteiger charge is -2.26. The number of rotatable bonds is 6. The molecule has 36 heavy (non-hydrogen) atoms. The minimum Gasteiger partial charge on any atom is -0.496 e. The van der Waals surface area contributed by atoms with Gasteiger partial charge in [0.15, 0.2) is 0 Å². The first kappa shape index (κ1) is 25.1. The summed E-state index contributed by atoms with van der Waals surface area (Å²) in [5, 5.41) is 13.8. The van der Waals surface area contributed by atoms with Crippen LogP contribution < -0.4 is 15.0 Å². The Kier molecular flexibility index (Phi) is 7.18. The van der Waals surface area contributed by atoms with Crippen LogP contribution in [0.25, 0.3) is 6.08 Å². The van der Waals surface area contributed by atoms with Crippen molar-refractivity contribution in [3.8, 4) is 5.75 Å². The van der Waals surface area contributed by atoms with Gasteiger partial charge < -0.3 is 4.74 Å². The molecule has 1 saturated heterocycles. The number of nitrogens with one attached hydrogen (secondary N) is 1. The maximum Gasteiger partial charge on any atom is 0.335 e. The third-order valence-electron chi connectivity index (χ3n) is 5.43. The number of urea groups is 1. The van der Waals surface area contributed by atoms with Crippen LogP contribution in [0.1, 0.15) is 16.7 Å². The lowest BCUT2D eigenvalue weighted by Crippen LogP contribution is -2.54. The van der Waals surface area contributed by atoms with Gasteiger partial charge in [-0.05, 0) is 41.5 Å². The zero-order valence-electron chi connectivity index (χ0n) is 18.7. The van der Waals surface area contributed by atoms with E-state index in [0.29, 0.717) is 32.1 Å². The lowest BCUT2D eigenvalue weighted by atomic mass is 10.0. The fourth-order valence-corrected chi connectivity index (χ4v) is 4.51. The van der Waals surface area contributed by atoms with Crippen LogP contribution in [0.5, 0.6) is 5.75 Å². The molecule has 1 aliphatic heterocycles. The summed E-state index contributed by atoms with van der Waals surface area (Å²) in [4.78, 5) is 49.3. The zero-order chi connectivity index (χ0) is 26.0. The van der Waals surface area contributed by atoms with Crippen LogP contribution in [0.4, 0.5) is 16.2 Å². The number of anilines is 1. The van der Waals surface area contributed by atoms with Gasteiger partial charge >= 0.3 is 6.03 Å². The Hall–Kier alpha value is -4.02. The molecule has 4 rings (SSSR count). The summed E-state index contributed by atoms with van der Waals surface area (Å²) in [6, 6.07) is 14.8. The number of carbonyl (C=O) groups is 3. The molecular formula is C25H17BrClN3O6. The van der Waals surface area contributed by atoms with Gasteiger partial charge in [0, 0.05) is 33.6 Å². The quantitative estimate of drug-likeness (QED) is 0.186. The number of carbonyl (C=O) groups excluding carboxylic acids is 3. The van der Waals surface area contributed by atoms with Gasteiger partial charge in [-0.25, -0.2) is 9.69 Å². The molecule has 0 radical (unpaired) electrons. The topological polar surface area (TPSA) is 119 Å². The van der Waals surface area contributed by atoms with Gasteiger partial charge in [-0.1, -0.05) is 51.8 Å². The van der Waals surface area contributed by atoms with Crippen molar-refractivity contribution in [2.45, 2.75) is 6.42 Å². The molecule has 3 aromatic carbocycles. The number of hydrogen-bond acceptors (Lipinski definition) is 6. The summed E-state index contributed by atoms with van der Waals surface area (Å²) in [6.07, 6.45) is 1.79. The number of imide groups is 2.